The van der Waals surface area contributed by atoms with Crippen molar-refractivity contribution < 1.29 is 4.79 Å². The van der Waals surface area contributed by atoms with Gasteiger partial charge >= 0.3 is 0 Å². The van der Waals surface area contributed by atoms with Crippen molar-refractivity contribution in [3.63, 3.8) is 0 Å². The number of rotatable bonds is 5. The summed E-state index contributed by atoms with van der Waals surface area (Å²) in [5.41, 5.74) is 1.57. The number of hydrogen-bond acceptors (Lipinski definition) is 3. The average molecular weight is 303 g/mol. The number of aryl methyl sites for hydroxylation is 2. The van der Waals surface area contributed by atoms with Crippen molar-refractivity contribution in [2.45, 2.75) is 44.4 Å². The van der Waals surface area contributed by atoms with Crippen LogP contribution in [0.1, 0.15) is 36.8 Å². The second kappa shape index (κ2) is 6.80. The fourth-order valence-electron chi connectivity index (χ4n) is 2.06. The zero-order valence-corrected chi connectivity index (χ0v) is 13.7. The van der Waals surface area contributed by atoms with Crippen molar-refractivity contribution in [2.75, 3.05) is 5.32 Å². The molecule has 0 atom stereocenters. The highest BCUT2D eigenvalue weighted by Gasteiger charge is 2.11. The first-order chi connectivity index (χ1) is 9.99. The number of carbonyl (C=O) groups excluding carboxylic acids is 1. The molecule has 0 spiro atoms. The molecule has 0 bridgehead atoms. The Kier molecular flexibility index (Phi) is 5.07. The summed E-state index contributed by atoms with van der Waals surface area (Å²) >= 11 is 1.75. The Morgan fingerprint density at radius 3 is 2.81 bits per heavy atom. The molecule has 1 amide bonds. The molecule has 112 valence electrons. The summed E-state index contributed by atoms with van der Waals surface area (Å²) in [5.74, 6) is 0.637. The maximum atomic E-state index is 12.4. The monoisotopic (exact) mass is 303 g/mol. The third-order valence-electron chi connectivity index (χ3n) is 2.91. The molecule has 0 unspecified atom stereocenters. The fourth-order valence-corrected chi connectivity index (χ4v) is 2.95. The van der Waals surface area contributed by atoms with Crippen LogP contribution < -0.4 is 5.32 Å². The van der Waals surface area contributed by atoms with Crippen molar-refractivity contribution in [2.24, 2.45) is 0 Å². The van der Waals surface area contributed by atoms with Gasteiger partial charge in [-0.25, -0.2) is 4.68 Å². The molecule has 1 heterocycles. The van der Waals surface area contributed by atoms with E-state index in [1.165, 1.54) is 0 Å². The molecule has 1 N–H and O–H groups in total. The van der Waals surface area contributed by atoms with Crippen molar-refractivity contribution in [1.29, 1.82) is 0 Å². The number of thioether (sulfide) groups is 1. The molecule has 1 aromatic carbocycles. The summed E-state index contributed by atoms with van der Waals surface area (Å²) < 4.78 is 1.79. The van der Waals surface area contributed by atoms with Gasteiger partial charge in [-0.15, -0.1) is 11.8 Å². The van der Waals surface area contributed by atoms with Crippen LogP contribution in [0.2, 0.25) is 0 Å². The molecular formula is C16H21N3OS. The Labute approximate surface area is 129 Å². The van der Waals surface area contributed by atoms with E-state index in [0.29, 0.717) is 10.8 Å². The maximum absolute atomic E-state index is 12.4. The van der Waals surface area contributed by atoms with Gasteiger partial charge in [0.15, 0.2) is 0 Å². The van der Waals surface area contributed by atoms with Gasteiger partial charge in [-0.3, -0.25) is 4.79 Å². The third kappa shape index (κ3) is 4.11. The molecular weight excluding hydrogens is 282 g/mol. The highest BCUT2D eigenvalue weighted by Crippen LogP contribution is 2.24. The summed E-state index contributed by atoms with van der Waals surface area (Å²) in [6.07, 6.45) is 0. The van der Waals surface area contributed by atoms with E-state index in [-0.39, 0.29) is 5.91 Å². The van der Waals surface area contributed by atoms with Gasteiger partial charge in [0.2, 0.25) is 0 Å². The molecule has 21 heavy (non-hydrogen) atoms. The van der Waals surface area contributed by atoms with Gasteiger partial charge in [0.25, 0.3) is 5.91 Å². The van der Waals surface area contributed by atoms with Gasteiger partial charge in [-0.2, -0.15) is 5.10 Å². The highest BCUT2D eigenvalue weighted by molar-refractivity contribution is 7.99. The van der Waals surface area contributed by atoms with Gasteiger partial charge in [0.05, 0.1) is 5.69 Å². The highest BCUT2D eigenvalue weighted by atomic mass is 32.2. The Bertz CT molecular complexity index is 634. The molecule has 0 aliphatic carbocycles. The molecule has 5 heteroatoms. The van der Waals surface area contributed by atoms with Crippen molar-refractivity contribution >= 4 is 23.5 Å². The molecule has 2 aromatic rings. The SMILES string of the molecule is CCn1nc(C)cc1NC(=O)c1cccc(SC(C)C)c1. The van der Waals surface area contributed by atoms with Crippen LogP contribution in [0.4, 0.5) is 5.82 Å². The Balaban J connectivity index is 2.16. The number of nitrogens with zero attached hydrogens (tertiary/aromatic N) is 2. The van der Waals surface area contributed by atoms with Crippen LogP contribution in [-0.4, -0.2) is 20.9 Å². The topological polar surface area (TPSA) is 46.9 Å². The number of nitrogens with one attached hydrogen (secondary N) is 1. The first kappa shape index (κ1) is 15.6. The van der Waals surface area contributed by atoms with E-state index < -0.39 is 0 Å². The van der Waals surface area contributed by atoms with Crippen molar-refractivity contribution in [1.82, 2.24) is 9.78 Å². The van der Waals surface area contributed by atoms with E-state index in [1.54, 1.807) is 16.4 Å². The van der Waals surface area contributed by atoms with E-state index in [2.05, 4.69) is 24.3 Å². The third-order valence-corrected chi connectivity index (χ3v) is 3.91. The summed E-state index contributed by atoms with van der Waals surface area (Å²) in [5, 5.41) is 7.76. The maximum Gasteiger partial charge on any atom is 0.256 e. The molecule has 2 rings (SSSR count). The van der Waals surface area contributed by atoms with Gasteiger partial charge in [-0.05, 0) is 32.0 Å². The Morgan fingerprint density at radius 2 is 2.14 bits per heavy atom. The average Bonchev–Trinajstić information content (AvgIpc) is 2.78. The number of aromatic nitrogens is 2. The Hall–Kier alpha value is -1.75. The second-order valence-corrected chi connectivity index (χ2v) is 6.79. The van der Waals surface area contributed by atoms with Crippen molar-refractivity contribution in [3.8, 4) is 0 Å². The van der Waals surface area contributed by atoms with Crippen LogP contribution in [0.25, 0.3) is 0 Å². The number of anilines is 1. The minimum Gasteiger partial charge on any atom is -0.307 e. The summed E-state index contributed by atoms with van der Waals surface area (Å²) in [6, 6.07) is 9.59. The summed E-state index contributed by atoms with van der Waals surface area (Å²) in [7, 11) is 0. The van der Waals surface area contributed by atoms with Gasteiger partial charge in [0.1, 0.15) is 5.82 Å². The standard InChI is InChI=1S/C16H21N3OS/c1-5-19-15(9-12(4)18-19)17-16(20)13-7-6-8-14(10-13)21-11(2)3/h6-11H,5H2,1-4H3,(H,17,20). The first-order valence-electron chi connectivity index (χ1n) is 7.12. The molecule has 0 radical (unpaired) electrons. The van der Waals surface area contributed by atoms with E-state index >= 15 is 0 Å². The molecule has 4 nitrogen and oxygen atoms in total. The number of hydrogen-bond donors (Lipinski definition) is 1. The summed E-state index contributed by atoms with van der Waals surface area (Å²) in [6.45, 7) is 8.93. The van der Waals surface area contributed by atoms with E-state index in [9.17, 15) is 4.79 Å². The molecule has 1 aromatic heterocycles. The molecule has 0 aliphatic rings. The number of benzene rings is 1. The van der Waals surface area contributed by atoms with Crippen LogP contribution in [0.5, 0.6) is 0 Å². The van der Waals surface area contributed by atoms with Gasteiger partial charge < -0.3 is 5.32 Å². The smallest absolute Gasteiger partial charge is 0.256 e. The van der Waals surface area contributed by atoms with Crippen LogP contribution in [0.15, 0.2) is 35.2 Å². The zero-order valence-electron chi connectivity index (χ0n) is 12.9. The summed E-state index contributed by atoms with van der Waals surface area (Å²) in [4.78, 5) is 13.5. The van der Waals surface area contributed by atoms with E-state index in [4.69, 9.17) is 0 Å². The van der Waals surface area contributed by atoms with Crippen LogP contribution in [0.3, 0.4) is 0 Å². The van der Waals surface area contributed by atoms with Gasteiger partial charge in [-0.1, -0.05) is 19.9 Å². The zero-order chi connectivity index (χ0) is 15.4. The minimum atomic E-state index is -0.101. The van der Waals surface area contributed by atoms with Crippen LogP contribution in [-0.2, 0) is 6.54 Å². The molecule has 0 fully saturated rings. The van der Waals surface area contributed by atoms with E-state index in [0.717, 1.165) is 23.0 Å². The van der Waals surface area contributed by atoms with Gasteiger partial charge in [0, 0.05) is 28.3 Å². The first-order valence-corrected chi connectivity index (χ1v) is 8.00. The normalized spacial score (nSPS) is 10.9. The fraction of sp³-hybridized carbons (Fsp3) is 0.375. The molecule has 0 saturated carbocycles. The lowest BCUT2D eigenvalue weighted by Crippen LogP contribution is -2.15. The predicted molar refractivity (Wildman–Crippen MR) is 88.0 cm³/mol. The lowest BCUT2D eigenvalue weighted by Gasteiger charge is -2.09. The predicted octanol–water partition coefficient (Wildman–Crippen LogP) is 3.96. The Morgan fingerprint density at radius 1 is 1.38 bits per heavy atom. The second-order valence-electron chi connectivity index (χ2n) is 5.14. The quantitative estimate of drug-likeness (QED) is 0.850. The lowest BCUT2D eigenvalue weighted by molar-refractivity contribution is 0.102. The lowest BCUT2D eigenvalue weighted by atomic mass is 10.2. The largest absolute Gasteiger partial charge is 0.307 e. The number of carbonyl (C=O) groups is 1. The molecule has 0 aliphatic heterocycles. The van der Waals surface area contributed by atoms with Crippen molar-refractivity contribution in [3.05, 3.63) is 41.6 Å². The number of amides is 1. The van der Waals surface area contributed by atoms with Crippen LogP contribution >= 0.6 is 11.8 Å². The molecule has 0 saturated heterocycles. The minimum absolute atomic E-state index is 0.101. The van der Waals surface area contributed by atoms with E-state index in [1.807, 2.05) is 44.2 Å². The van der Waals surface area contributed by atoms with Crippen LogP contribution in [0, 0.1) is 6.92 Å².